The van der Waals surface area contributed by atoms with E-state index in [1.807, 2.05) is 12.1 Å². The van der Waals surface area contributed by atoms with Gasteiger partial charge in [-0.05, 0) is 60.5 Å². The molecule has 2 atom stereocenters. The zero-order valence-electron chi connectivity index (χ0n) is 9.75. The van der Waals surface area contributed by atoms with E-state index in [1.165, 1.54) is 18.6 Å². The first-order valence-electron chi connectivity index (χ1n) is 5.72. The Morgan fingerprint density at radius 1 is 1.62 bits per heavy atom. The van der Waals surface area contributed by atoms with E-state index in [1.54, 1.807) is 0 Å². The zero-order chi connectivity index (χ0) is 11.6. The van der Waals surface area contributed by atoms with Gasteiger partial charge in [0.05, 0.1) is 6.04 Å². The molecule has 16 heavy (non-hydrogen) atoms. The minimum atomic E-state index is 0.282. The van der Waals surface area contributed by atoms with Gasteiger partial charge in [-0.2, -0.15) is 11.8 Å². The van der Waals surface area contributed by atoms with Gasteiger partial charge in [0.2, 0.25) is 0 Å². The van der Waals surface area contributed by atoms with Crippen molar-refractivity contribution in [3.8, 4) is 0 Å². The van der Waals surface area contributed by atoms with E-state index in [4.69, 9.17) is 4.42 Å². The third-order valence-electron chi connectivity index (χ3n) is 3.10. The van der Waals surface area contributed by atoms with Crippen LogP contribution in [0.25, 0.3) is 0 Å². The molecule has 90 valence electrons. The van der Waals surface area contributed by atoms with Crippen molar-refractivity contribution in [1.29, 1.82) is 0 Å². The van der Waals surface area contributed by atoms with Crippen LogP contribution in [-0.4, -0.2) is 17.0 Å². The second kappa shape index (κ2) is 5.15. The van der Waals surface area contributed by atoms with Crippen molar-refractivity contribution >= 4 is 27.7 Å². The fourth-order valence-corrected chi connectivity index (χ4v) is 3.58. The molecule has 2 nitrogen and oxygen atoms in total. The molecule has 1 fully saturated rings. The second-order valence-electron chi connectivity index (χ2n) is 4.65. The lowest BCUT2D eigenvalue weighted by molar-refractivity contribution is 0.403. The van der Waals surface area contributed by atoms with Gasteiger partial charge in [0.15, 0.2) is 4.67 Å². The Balaban J connectivity index is 1.86. The number of hydrogen-bond acceptors (Lipinski definition) is 3. The molecule has 2 heterocycles. The molecule has 0 saturated carbocycles. The maximum Gasteiger partial charge on any atom is 0.169 e. The summed E-state index contributed by atoms with van der Waals surface area (Å²) in [6.07, 6.45) is 2.67. The van der Waals surface area contributed by atoms with Crippen LogP contribution >= 0.6 is 27.7 Å². The summed E-state index contributed by atoms with van der Waals surface area (Å²) >= 11 is 5.41. The van der Waals surface area contributed by atoms with E-state index in [0.717, 1.165) is 17.0 Å². The fraction of sp³-hybridized carbons (Fsp3) is 0.667. The highest BCUT2D eigenvalue weighted by Gasteiger charge is 2.29. The van der Waals surface area contributed by atoms with Gasteiger partial charge in [-0.25, -0.2) is 0 Å². The molecule has 2 unspecified atom stereocenters. The van der Waals surface area contributed by atoms with Crippen LogP contribution in [0.5, 0.6) is 0 Å². The van der Waals surface area contributed by atoms with Crippen molar-refractivity contribution in [3.05, 3.63) is 22.6 Å². The molecule has 0 aliphatic carbocycles. The van der Waals surface area contributed by atoms with Crippen LogP contribution in [0.2, 0.25) is 0 Å². The quantitative estimate of drug-likeness (QED) is 0.911. The Bertz CT molecular complexity index is 347. The summed E-state index contributed by atoms with van der Waals surface area (Å²) in [4.78, 5) is 0. The molecular weight excluding hydrogens is 286 g/mol. The first kappa shape index (κ1) is 12.5. The minimum Gasteiger partial charge on any atom is -0.453 e. The number of rotatable bonds is 4. The van der Waals surface area contributed by atoms with Crippen molar-refractivity contribution in [3.63, 3.8) is 0 Å². The van der Waals surface area contributed by atoms with Crippen LogP contribution in [0.3, 0.4) is 0 Å². The van der Waals surface area contributed by atoms with Crippen LogP contribution in [-0.2, 0) is 0 Å². The number of furan rings is 1. The van der Waals surface area contributed by atoms with Crippen LogP contribution in [0.1, 0.15) is 38.5 Å². The smallest absolute Gasteiger partial charge is 0.169 e. The summed E-state index contributed by atoms with van der Waals surface area (Å²) in [6.45, 7) is 5.55. The lowest BCUT2D eigenvalue weighted by Crippen LogP contribution is -2.34. The summed E-state index contributed by atoms with van der Waals surface area (Å²) in [6, 6.07) is 4.25. The Morgan fingerprint density at radius 3 is 3.00 bits per heavy atom. The predicted octanol–water partition coefficient (Wildman–Crippen LogP) is 3.98. The van der Waals surface area contributed by atoms with Crippen LogP contribution in [0.15, 0.2) is 21.2 Å². The summed E-state index contributed by atoms with van der Waals surface area (Å²) in [5, 5.41) is 3.56. The molecule has 4 heteroatoms. The Labute approximate surface area is 110 Å². The molecule has 0 radical (unpaired) electrons. The first-order chi connectivity index (χ1) is 7.59. The number of nitrogens with one attached hydrogen (secondary N) is 1. The fourth-order valence-electron chi connectivity index (χ4n) is 2.01. The third kappa shape index (κ3) is 3.05. The normalized spacial score (nSPS) is 27.2. The molecule has 0 aromatic carbocycles. The molecular formula is C12H18BrNOS. The zero-order valence-corrected chi connectivity index (χ0v) is 12.2. The number of hydrogen-bond donors (Lipinski definition) is 1. The molecule has 0 spiro atoms. The number of halogens is 1. The highest BCUT2D eigenvalue weighted by molar-refractivity contribution is 9.10. The SMILES string of the molecule is CC(NCC1(C)CCCS1)c1ccc(Br)o1. The minimum absolute atomic E-state index is 0.282. The monoisotopic (exact) mass is 303 g/mol. The summed E-state index contributed by atoms with van der Waals surface area (Å²) in [7, 11) is 0. The molecule has 1 aromatic rings. The molecule has 1 saturated heterocycles. The maximum absolute atomic E-state index is 5.54. The Morgan fingerprint density at radius 2 is 2.44 bits per heavy atom. The molecule has 0 bridgehead atoms. The largest absolute Gasteiger partial charge is 0.453 e. The van der Waals surface area contributed by atoms with Crippen LogP contribution in [0.4, 0.5) is 0 Å². The average Bonchev–Trinajstić information content (AvgIpc) is 2.85. The molecule has 0 amide bonds. The Hall–Kier alpha value is 0.0700. The van der Waals surface area contributed by atoms with Crippen molar-refractivity contribution in [2.45, 2.75) is 37.5 Å². The van der Waals surface area contributed by atoms with Gasteiger partial charge in [0.1, 0.15) is 5.76 Å². The van der Waals surface area contributed by atoms with Gasteiger partial charge in [-0.1, -0.05) is 0 Å². The van der Waals surface area contributed by atoms with E-state index >= 15 is 0 Å². The average molecular weight is 304 g/mol. The van der Waals surface area contributed by atoms with Gasteiger partial charge >= 0.3 is 0 Å². The predicted molar refractivity (Wildman–Crippen MR) is 72.9 cm³/mol. The van der Waals surface area contributed by atoms with Crippen molar-refractivity contribution in [1.82, 2.24) is 5.32 Å². The lowest BCUT2D eigenvalue weighted by Gasteiger charge is -2.25. The highest BCUT2D eigenvalue weighted by atomic mass is 79.9. The topological polar surface area (TPSA) is 25.2 Å². The summed E-state index contributed by atoms with van der Waals surface area (Å²) < 4.78 is 6.76. The van der Waals surface area contributed by atoms with Crippen molar-refractivity contribution in [2.24, 2.45) is 0 Å². The lowest BCUT2D eigenvalue weighted by atomic mass is 10.1. The Kier molecular flexibility index (Phi) is 4.03. The second-order valence-corrected chi connectivity index (χ2v) is 7.11. The van der Waals surface area contributed by atoms with Gasteiger partial charge in [0.25, 0.3) is 0 Å². The first-order valence-corrected chi connectivity index (χ1v) is 7.49. The van der Waals surface area contributed by atoms with Crippen molar-refractivity contribution in [2.75, 3.05) is 12.3 Å². The van der Waals surface area contributed by atoms with Crippen molar-refractivity contribution < 1.29 is 4.42 Å². The van der Waals surface area contributed by atoms with E-state index < -0.39 is 0 Å². The van der Waals surface area contributed by atoms with Gasteiger partial charge in [-0.3, -0.25) is 0 Å². The molecule has 1 aromatic heterocycles. The van der Waals surface area contributed by atoms with Crippen LogP contribution < -0.4 is 5.32 Å². The molecule has 1 aliphatic rings. The number of thioether (sulfide) groups is 1. The van der Waals surface area contributed by atoms with Gasteiger partial charge in [0, 0.05) is 11.3 Å². The molecule has 2 rings (SSSR count). The third-order valence-corrected chi connectivity index (χ3v) is 5.07. The van der Waals surface area contributed by atoms with E-state index in [-0.39, 0.29) is 6.04 Å². The van der Waals surface area contributed by atoms with E-state index in [0.29, 0.717) is 4.75 Å². The molecule has 1 N–H and O–H groups in total. The van der Waals surface area contributed by atoms with E-state index in [2.05, 4.69) is 46.9 Å². The summed E-state index contributed by atoms with van der Waals surface area (Å²) in [5.74, 6) is 2.30. The summed E-state index contributed by atoms with van der Waals surface area (Å²) in [5.41, 5.74) is 0. The van der Waals surface area contributed by atoms with E-state index in [9.17, 15) is 0 Å². The molecule has 1 aliphatic heterocycles. The van der Waals surface area contributed by atoms with Gasteiger partial charge in [-0.15, -0.1) is 0 Å². The standard InChI is InChI=1S/C12H18BrNOS/c1-9(10-4-5-11(13)15-10)14-8-12(2)6-3-7-16-12/h4-5,9,14H,3,6-8H2,1-2H3. The van der Waals surface area contributed by atoms with Gasteiger partial charge < -0.3 is 9.73 Å². The van der Waals surface area contributed by atoms with Crippen LogP contribution in [0, 0.1) is 0 Å². The maximum atomic E-state index is 5.54. The highest BCUT2D eigenvalue weighted by Crippen LogP contribution is 2.37.